The minimum absolute atomic E-state index is 0.111. The first-order chi connectivity index (χ1) is 15.9. The number of anilines is 1. The third-order valence-electron chi connectivity index (χ3n) is 4.92. The molecular formula is C21H18ClF3N6O3. The van der Waals surface area contributed by atoms with Crippen molar-refractivity contribution >= 4 is 34.9 Å². The molecule has 0 saturated carbocycles. The SMILES string of the molecule is Cc1nc2nc(C(F)(F)F)nn2c(C)c1CCC(=O)OC(C)C(=O)Nc1ccc(C#N)c(Cl)c1. The van der Waals surface area contributed by atoms with E-state index in [9.17, 15) is 22.8 Å². The van der Waals surface area contributed by atoms with Crippen molar-refractivity contribution in [1.29, 1.82) is 5.26 Å². The molecule has 1 atom stereocenters. The number of fused-ring (bicyclic) bond motifs is 1. The Kier molecular flexibility index (Phi) is 7.07. The van der Waals surface area contributed by atoms with E-state index in [0.29, 0.717) is 22.6 Å². The highest BCUT2D eigenvalue weighted by Crippen LogP contribution is 2.27. The Morgan fingerprint density at radius 2 is 2.00 bits per heavy atom. The number of amides is 1. The van der Waals surface area contributed by atoms with E-state index in [1.807, 2.05) is 6.07 Å². The molecule has 0 fully saturated rings. The quantitative estimate of drug-likeness (QED) is 0.517. The van der Waals surface area contributed by atoms with Crippen LogP contribution in [0, 0.1) is 25.2 Å². The Balaban J connectivity index is 1.63. The van der Waals surface area contributed by atoms with Gasteiger partial charge >= 0.3 is 12.1 Å². The van der Waals surface area contributed by atoms with Gasteiger partial charge < -0.3 is 10.1 Å². The number of rotatable bonds is 6. The summed E-state index contributed by atoms with van der Waals surface area (Å²) in [4.78, 5) is 32.0. The van der Waals surface area contributed by atoms with Gasteiger partial charge in [0.25, 0.3) is 17.5 Å². The predicted octanol–water partition coefficient (Wildman–Crippen LogP) is 3.79. The van der Waals surface area contributed by atoms with E-state index >= 15 is 0 Å². The zero-order valence-corrected chi connectivity index (χ0v) is 19.0. The van der Waals surface area contributed by atoms with Gasteiger partial charge in [-0.05, 0) is 51.0 Å². The maximum Gasteiger partial charge on any atom is 0.453 e. The molecule has 178 valence electrons. The number of aromatic nitrogens is 4. The Morgan fingerprint density at radius 1 is 1.29 bits per heavy atom. The lowest BCUT2D eigenvalue weighted by atomic mass is 10.1. The maximum atomic E-state index is 12.9. The number of nitrogens with zero attached hydrogens (tertiary/aromatic N) is 5. The molecule has 1 amide bonds. The first kappa shape index (κ1) is 24.9. The van der Waals surface area contributed by atoms with E-state index in [0.717, 1.165) is 4.52 Å². The van der Waals surface area contributed by atoms with Crippen molar-refractivity contribution in [1.82, 2.24) is 19.6 Å². The number of ether oxygens (including phenoxy) is 1. The van der Waals surface area contributed by atoms with Crippen LogP contribution >= 0.6 is 11.6 Å². The van der Waals surface area contributed by atoms with Gasteiger partial charge in [0.15, 0.2) is 6.10 Å². The monoisotopic (exact) mass is 494 g/mol. The average molecular weight is 495 g/mol. The number of carbonyl (C=O) groups excluding carboxylic acids is 2. The summed E-state index contributed by atoms with van der Waals surface area (Å²) in [6.07, 6.45) is -5.87. The van der Waals surface area contributed by atoms with Gasteiger partial charge in [0.2, 0.25) is 0 Å². The number of halogens is 4. The standard InChI is InChI=1S/C21H18ClF3N6O3/c1-10-15(11(2)31-20(27-10)29-19(30-31)21(23,24)25)6-7-17(32)34-12(3)18(33)28-14-5-4-13(9-26)16(22)8-14/h4-5,8,12H,6-7H2,1-3H3,(H,28,33). The highest BCUT2D eigenvalue weighted by Gasteiger charge is 2.37. The van der Waals surface area contributed by atoms with E-state index in [1.54, 1.807) is 13.8 Å². The number of nitriles is 1. The van der Waals surface area contributed by atoms with Crippen LogP contribution in [0.25, 0.3) is 5.78 Å². The van der Waals surface area contributed by atoms with Crippen molar-refractivity contribution in [3.05, 3.63) is 51.6 Å². The van der Waals surface area contributed by atoms with Crippen molar-refractivity contribution in [2.75, 3.05) is 5.32 Å². The molecule has 0 bridgehead atoms. The molecule has 0 aliphatic carbocycles. The summed E-state index contributed by atoms with van der Waals surface area (Å²) < 4.78 is 44.9. The van der Waals surface area contributed by atoms with Gasteiger partial charge in [-0.15, -0.1) is 5.10 Å². The summed E-state index contributed by atoms with van der Waals surface area (Å²) in [7, 11) is 0. The first-order valence-electron chi connectivity index (χ1n) is 9.90. The molecular weight excluding hydrogens is 477 g/mol. The highest BCUT2D eigenvalue weighted by molar-refractivity contribution is 6.32. The van der Waals surface area contributed by atoms with Gasteiger partial charge in [-0.25, -0.2) is 9.50 Å². The van der Waals surface area contributed by atoms with Crippen LogP contribution in [-0.4, -0.2) is 37.6 Å². The predicted molar refractivity (Wildman–Crippen MR) is 114 cm³/mol. The van der Waals surface area contributed by atoms with Crippen LogP contribution in [0.2, 0.25) is 5.02 Å². The van der Waals surface area contributed by atoms with Gasteiger partial charge in [-0.1, -0.05) is 11.6 Å². The Morgan fingerprint density at radius 3 is 2.62 bits per heavy atom. The van der Waals surface area contributed by atoms with Gasteiger partial charge in [-0.2, -0.15) is 23.4 Å². The summed E-state index contributed by atoms with van der Waals surface area (Å²) in [6, 6.07) is 6.23. The number of aryl methyl sites for hydroxylation is 2. The highest BCUT2D eigenvalue weighted by atomic mass is 35.5. The number of alkyl halides is 3. The van der Waals surface area contributed by atoms with Crippen LogP contribution in [0.1, 0.15) is 41.7 Å². The van der Waals surface area contributed by atoms with E-state index in [2.05, 4.69) is 20.4 Å². The summed E-state index contributed by atoms with van der Waals surface area (Å²) in [6.45, 7) is 4.53. The van der Waals surface area contributed by atoms with Crippen LogP contribution < -0.4 is 5.32 Å². The van der Waals surface area contributed by atoms with Crippen molar-refractivity contribution in [3.8, 4) is 6.07 Å². The molecule has 2 aromatic heterocycles. The molecule has 1 N–H and O–H groups in total. The number of carbonyl (C=O) groups is 2. The maximum absolute atomic E-state index is 12.9. The van der Waals surface area contributed by atoms with Crippen LogP contribution in [-0.2, 0) is 26.9 Å². The van der Waals surface area contributed by atoms with E-state index in [1.165, 1.54) is 25.1 Å². The fourth-order valence-electron chi connectivity index (χ4n) is 3.15. The average Bonchev–Trinajstić information content (AvgIpc) is 3.18. The zero-order chi connectivity index (χ0) is 25.2. The summed E-state index contributed by atoms with van der Waals surface area (Å²) in [5.74, 6) is -2.79. The number of nitrogens with one attached hydrogen (secondary N) is 1. The third-order valence-corrected chi connectivity index (χ3v) is 5.23. The zero-order valence-electron chi connectivity index (χ0n) is 18.2. The molecule has 0 aliphatic rings. The molecule has 2 heterocycles. The fourth-order valence-corrected chi connectivity index (χ4v) is 3.38. The van der Waals surface area contributed by atoms with Crippen molar-refractivity contribution < 1.29 is 27.5 Å². The molecule has 3 aromatic rings. The molecule has 34 heavy (non-hydrogen) atoms. The molecule has 0 radical (unpaired) electrons. The molecule has 13 heteroatoms. The van der Waals surface area contributed by atoms with Crippen molar-refractivity contribution in [3.63, 3.8) is 0 Å². The fraction of sp³-hybridized carbons (Fsp3) is 0.333. The summed E-state index contributed by atoms with van der Waals surface area (Å²) in [5.41, 5.74) is 1.86. The number of hydrogen-bond donors (Lipinski definition) is 1. The van der Waals surface area contributed by atoms with Gasteiger partial charge in [0, 0.05) is 23.5 Å². The first-order valence-corrected chi connectivity index (χ1v) is 10.3. The normalized spacial score (nSPS) is 12.3. The molecule has 0 aliphatic heterocycles. The Bertz CT molecular complexity index is 1320. The summed E-state index contributed by atoms with van der Waals surface area (Å²) in [5, 5.41) is 15.1. The molecule has 0 spiro atoms. The smallest absolute Gasteiger partial charge is 0.453 e. The number of hydrogen-bond acceptors (Lipinski definition) is 7. The molecule has 3 rings (SSSR count). The minimum atomic E-state index is -4.71. The lowest BCUT2D eigenvalue weighted by Gasteiger charge is -2.14. The van der Waals surface area contributed by atoms with E-state index in [-0.39, 0.29) is 29.2 Å². The molecule has 0 saturated heterocycles. The second-order valence-electron chi connectivity index (χ2n) is 7.33. The second kappa shape index (κ2) is 9.64. The van der Waals surface area contributed by atoms with Crippen molar-refractivity contribution in [2.45, 2.75) is 45.9 Å². The van der Waals surface area contributed by atoms with E-state index < -0.39 is 30.0 Å². The molecule has 1 aromatic carbocycles. The lowest BCUT2D eigenvalue weighted by molar-refractivity contribution is -0.153. The Labute approximate surface area is 196 Å². The molecule has 1 unspecified atom stereocenters. The second-order valence-corrected chi connectivity index (χ2v) is 7.74. The topological polar surface area (TPSA) is 122 Å². The van der Waals surface area contributed by atoms with Gasteiger partial charge in [-0.3, -0.25) is 9.59 Å². The molecule has 9 nitrogen and oxygen atoms in total. The number of esters is 1. The van der Waals surface area contributed by atoms with E-state index in [4.69, 9.17) is 21.6 Å². The van der Waals surface area contributed by atoms with Crippen LogP contribution in [0.15, 0.2) is 18.2 Å². The number of benzene rings is 1. The lowest BCUT2D eigenvalue weighted by Crippen LogP contribution is -2.30. The van der Waals surface area contributed by atoms with Crippen molar-refractivity contribution in [2.24, 2.45) is 0 Å². The largest absolute Gasteiger partial charge is 0.453 e. The van der Waals surface area contributed by atoms with Gasteiger partial charge in [0.05, 0.1) is 10.6 Å². The van der Waals surface area contributed by atoms with Crippen LogP contribution in [0.5, 0.6) is 0 Å². The Hall–Kier alpha value is -3.72. The van der Waals surface area contributed by atoms with Gasteiger partial charge in [0.1, 0.15) is 6.07 Å². The summed E-state index contributed by atoms with van der Waals surface area (Å²) >= 11 is 5.93. The minimum Gasteiger partial charge on any atom is -0.453 e. The van der Waals surface area contributed by atoms with Crippen LogP contribution in [0.4, 0.5) is 18.9 Å². The third kappa shape index (κ3) is 5.43. The van der Waals surface area contributed by atoms with Crippen LogP contribution in [0.3, 0.4) is 0 Å².